The number of carbonyl (C=O) groups is 1. The Labute approximate surface area is 103 Å². The second-order valence-corrected chi connectivity index (χ2v) is 5.42. The quantitative estimate of drug-likeness (QED) is 0.698. The predicted octanol–water partition coefficient (Wildman–Crippen LogP) is 1.77. The van der Waals surface area contributed by atoms with Crippen LogP contribution in [-0.4, -0.2) is 30.9 Å². The average Bonchev–Trinajstić information content (AvgIpc) is 2.85. The first kappa shape index (κ1) is 12.2. The van der Waals surface area contributed by atoms with E-state index in [1.807, 2.05) is 0 Å². The lowest BCUT2D eigenvalue weighted by molar-refractivity contribution is -0.122. The van der Waals surface area contributed by atoms with Gasteiger partial charge in [-0.2, -0.15) is 12.6 Å². The van der Waals surface area contributed by atoms with E-state index in [1.54, 1.807) is 0 Å². The minimum atomic E-state index is 0.185. The molecule has 2 aliphatic rings. The molecule has 0 aromatic rings. The maximum Gasteiger partial charge on any atom is 0.220 e. The van der Waals surface area contributed by atoms with Crippen molar-refractivity contribution in [2.45, 2.75) is 44.6 Å². The number of nitrogens with one attached hydrogen (secondary N) is 1. The van der Waals surface area contributed by atoms with Gasteiger partial charge in [-0.3, -0.25) is 4.79 Å². The van der Waals surface area contributed by atoms with Gasteiger partial charge in [-0.05, 0) is 43.3 Å². The predicted molar refractivity (Wildman–Crippen MR) is 66.7 cm³/mol. The highest BCUT2D eigenvalue weighted by atomic mass is 32.1. The van der Waals surface area contributed by atoms with Crippen molar-refractivity contribution in [1.82, 2.24) is 5.32 Å². The second-order valence-electron chi connectivity index (χ2n) is 5.11. The summed E-state index contributed by atoms with van der Waals surface area (Å²) in [5.41, 5.74) is 0.233. The maximum atomic E-state index is 11.6. The van der Waals surface area contributed by atoms with Gasteiger partial charge in [0.1, 0.15) is 0 Å². The second kappa shape index (κ2) is 5.41. The molecule has 1 aliphatic carbocycles. The molecule has 1 amide bonds. The fourth-order valence-electron chi connectivity index (χ4n) is 2.22. The lowest BCUT2D eigenvalue weighted by Crippen LogP contribution is -2.29. The van der Waals surface area contributed by atoms with Crippen LogP contribution in [0.15, 0.2) is 0 Å². The number of carbonyl (C=O) groups excluding carboxylic acids is 1. The molecule has 0 bridgehead atoms. The van der Waals surface area contributed by atoms with Crippen molar-refractivity contribution in [2.24, 2.45) is 5.41 Å². The van der Waals surface area contributed by atoms with E-state index in [2.05, 4.69) is 17.9 Å². The first-order valence-electron chi connectivity index (χ1n) is 6.23. The Kier molecular flexibility index (Phi) is 4.14. The van der Waals surface area contributed by atoms with Crippen molar-refractivity contribution in [2.75, 3.05) is 18.9 Å². The molecule has 2 rings (SSSR count). The fourth-order valence-corrected chi connectivity index (χ4v) is 2.64. The number of amides is 1. The van der Waals surface area contributed by atoms with Crippen molar-refractivity contribution in [3.8, 4) is 0 Å². The molecule has 1 unspecified atom stereocenters. The smallest absolute Gasteiger partial charge is 0.220 e. The molecule has 1 saturated heterocycles. The Balaban J connectivity index is 1.57. The van der Waals surface area contributed by atoms with E-state index in [-0.39, 0.29) is 11.3 Å². The number of thiol groups is 1. The first-order valence-corrected chi connectivity index (χ1v) is 6.87. The van der Waals surface area contributed by atoms with Crippen LogP contribution >= 0.6 is 12.6 Å². The van der Waals surface area contributed by atoms with Crippen molar-refractivity contribution in [3.05, 3.63) is 0 Å². The van der Waals surface area contributed by atoms with Crippen LogP contribution in [0.2, 0.25) is 0 Å². The molecule has 0 radical (unpaired) electrons. The van der Waals surface area contributed by atoms with E-state index in [9.17, 15) is 4.79 Å². The minimum Gasteiger partial charge on any atom is -0.378 e. The third kappa shape index (κ3) is 3.39. The van der Waals surface area contributed by atoms with E-state index in [1.165, 1.54) is 6.42 Å². The van der Waals surface area contributed by atoms with Gasteiger partial charge < -0.3 is 10.1 Å². The Bertz CT molecular complexity index is 247. The molecule has 3 nitrogen and oxygen atoms in total. The number of hydrogen-bond donors (Lipinski definition) is 2. The Morgan fingerprint density at radius 2 is 2.31 bits per heavy atom. The van der Waals surface area contributed by atoms with Crippen LogP contribution in [0.3, 0.4) is 0 Å². The third-order valence-electron chi connectivity index (χ3n) is 3.64. The van der Waals surface area contributed by atoms with Gasteiger partial charge >= 0.3 is 0 Å². The van der Waals surface area contributed by atoms with Crippen LogP contribution in [-0.2, 0) is 9.53 Å². The van der Waals surface area contributed by atoms with E-state index >= 15 is 0 Å². The van der Waals surface area contributed by atoms with E-state index < -0.39 is 0 Å². The average molecular weight is 243 g/mol. The van der Waals surface area contributed by atoms with Gasteiger partial charge in [-0.25, -0.2) is 0 Å². The van der Waals surface area contributed by atoms with Crippen LogP contribution in [0, 0.1) is 5.41 Å². The molecular formula is C12H21NO2S. The molecule has 2 fully saturated rings. The molecule has 0 aromatic carbocycles. The highest BCUT2D eigenvalue weighted by Gasteiger charge is 2.42. The summed E-state index contributed by atoms with van der Waals surface area (Å²) in [5, 5.41) is 2.99. The molecule has 1 heterocycles. The minimum absolute atomic E-state index is 0.185. The molecule has 1 N–H and O–H groups in total. The molecule has 0 spiro atoms. The summed E-state index contributed by atoms with van der Waals surface area (Å²) < 4.78 is 5.51. The topological polar surface area (TPSA) is 38.3 Å². The summed E-state index contributed by atoms with van der Waals surface area (Å²) in [7, 11) is 0. The number of rotatable bonds is 6. The van der Waals surface area contributed by atoms with Crippen molar-refractivity contribution in [3.63, 3.8) is 0 Å². The fraction of sp³-hybridized carbons (Fsp3) is 0.917. The van der Waals surface area contributed by atoms with Crippen molar-refractivity contribution >= 4 is 18.5 Å². The van der Waals surface area contributed by atoms with E-state index in [0.717, 1.165) is 44.6 Å². The van der Waals surface area contributed by atoms with Crippen molar-refractivity contribution < 1.29 is 9.53 Å². The summed E-state index contributed by atoms with van der Waals surface area (Å²) in [6.45, 7) is 1.65. The largest absolute Gasteiger partial charge is 0.378 e. The van der Waals surface area contributed by atoms with E-state index in [4.69, 9.17) is 4.74 Å². The molecule has 92 valence electrons. The highest BCUT2D eigenvalue weighted by Crippen LogP contribution is 2.49. The van der Waals surface area contributed by atoms with Gasteiger partial charge in [0, 0.05) is 19.6 Å². The molecular weight excluding hydrogens is 222 g/mol. The van der Waals surface area contributed by atoms with Crippen LogP contribution in [0.4, 0.5) is 0 Å². The molecule has 16 heavy (non-hydrogen) atoms. The SMILES string of the molecule is O=C(CC1(CS)CC1)NCCC1CCCO1. The van der Waals surface area contributed by atoms with Crippen LogP contribution in [0.1, 0.15) is 38.5 Å². The van der Waals surface area contributed by atoms with Gasteiger partial charge in [0.05, 0.1) is 6.10 Å². The molecule has 1 atom stereocenters. The Morgan fingerprint density at radius 3 is 2.88 bits per heavy atom. The maximum absolute atomic E-state index is 11.6. The Morgan fingerprint density at radius 1 is 1.50 bits per heavy atom. The summed E-state index contributed by atoms with van der Waals surface area (Å²) in [4.78, 5) is 11.6. The molecule has 4 heteroatoms. The first-order chi connectivity index (χ1) is 7.74. The normalized spacial score (nSPS) is 26.7. The molecule has 1 aliphatic heterocycles. The standard InChI is InChI=1S/C12H21NO2S/c14-11(8-12(9-16)4-5-12)13-6-3-10-2-1-7-15-10/h10,16H,1-9H2,(H,13,14). The van der Waals surface area contributed by atoms with E-state index in [0.29, 0.717) is 12.5 Å². The third-order valence-corrected chi connectivity index (χ3v) is 4.31. The lowest BCUT2D eigenvalue weighted by atomic mass is 10.1. The monoisotopic (exact) mass is 243 g/mol. The molecule has 1 saturated carbocycles. The lowest BCUT2D eigenvalue weighted by Gasteiger charge is -2.13. The summed E-state index contributed by atoms with van der Waals surface area (Å²) in [5.74, 6) is 1.02. The summed E-state index contributed by atoms with van der Waals surface area (Å²) in [6, 6.07) is 0. The molecule has 0 aromatic heterocycles. The summed E-state index contributed by atoms with van der Waals surface area (Å²) >= 11 is 4.30. The van der Waals surface area contributed by atoms with Crippen LogP contribution in [0.5, 0.6) is 0 Å². The number of ether oxygens (including phenoxy) is 1. The van der Waals surface area contributed by atoms with Gasteiger partial charge in [-0.1, -0.05) is 0 Å². The van der Waals surface area contributed by atoms with Gasteiger partial charge in [-0.15, -0.1) is 0 Å². The number of hydrogen-bond acceptors (Lipinski definition) is 3. The van der Waals surface area contributed by atoms with Crippen LogP contribution in [0.25, 0.3) is 0 Å². The van der Waals surface area contributed by atoms with Gasteiger partial charge in [0.2, 0.25) is 5.91 Å². The zero-order chi connectivity index (χ0) is 11.4. The zero-order valence-corrected chi connectivity index (χ0v) is 10.6. The van der Waals surface area contributed by atoms with Crippen LogP contribution < -0.4 is 5.32 Å². The summed E-state index contributed by atoms with van der Waals surface area (Å²) in [6.07, 6.45) is 6.63. The Hall–Kier alpha value is -0.220. The van der Waals surface area contributed by atoms with Crippen molar-refractivity contribution in [1.29, 1.82) is 0 Å². The highest BCUT2D eigenvalue weighted by molar-refractivity contribution is 7.80. The van der Waals surface area contributed by atoms with Gasteiger partial charge in [0.15, 0.2) is 0 Å². The zero-order valence-electron chi connectivity index (χ0n) is 9.71. The van der Waals surface area contributed by atoms with Gasteiger partial charge in [0.25, 0.3) is 0 Å².